The minimum absolute atomic E-state index is 0.0999. The third-order valence-electron chi connectivity index (χ3n) is 3.65. The van der Waals surface area contributed by atoms with E-state index in [4.69, 9.17) is 11.5 Å². The summed E-state index contributed by atoms with van der Waals surface area (Å²) in [5.41, 5.74) is 11.1. The van der Waals surface area contributed by atoms with Crippen molar-refractivity contribution in [1.29, 1.82) is 0 Å². The topological polar surface area (TPSA) is 131 Å². The predicted octanol–water partition coefficient (Wildman–Crippen LogP) is -0.698. The fourth-order valence-electron chi connectivity index (χ4n) is 2.56. The molecule has 0 spiro atoms. The van der Waals surface area contributed by atoms with Crippen LogP contribution in [0.5, 0.6) is 0 Å². The van der Waals surface area contributed by atoms with Crippen LogP contribution >= 0.6 is 0 Å². The maximum atomic E-state index is 12.2. The van der Waals surface area contributed by atoms with Gasteiger partial charge in [-0.3, -0.25) is 4.79 Å². The summed E-state index contributed by atoms with van der Waals surface area (Å²) in [6.45, 7) is 4.22. The number of carbonyl (C=O) groups excluding carboxylic acids is 1. The second-order valence-corrected chi connectivity index (χ2v) is 7.53. The second kappa shape index (κ2) is 6.55. The third-order valence-corrected chi connectivity index (χ3v) is 4.77. The summed E-state index contributed by atoms with van der Waals surface area (Å²) in [5.74, 6) is -1.04. The number of nitrogens with one attached hydrogen (secondary N) is 1. The normalized spacial score (nSPS) is 18.5. The van der Waals surface area contributed by atoms with E-state index < -0.39 is 15.7 Å². The van der Waals surface area contributed by atoms with Crippen LogP contribution < -0.4 is 21.7 Å². The SMILES string of the molecule is CC1CNCCN1c1ccc(C(=O)N=C(N)N)cc1S(C)(=O)=O. The number of nitrogens with two attached hydrogens (primary N) is 2. The molecule has 1 fully saturated rings. The van der Waals surface area contributed by atoms with Crippen molar-refractivity contribution in [1.82, 2.24) is 5.32 Å². The fraction of sp³-hybridized carbons (Fsp3) is 0.429. The van der Waals surface area contributed by atoms with Gasteiger partial charge in [0.25, 0.3) is 5.91 Å². The molecule has 5 N–H and O–H groups in total. The molecule has 1 atom stereocenters. The van der Waals surface area contributed by atoms with E-state index in [2.05, 4.69) is 10.3 Å². The molecule has 9 heteroatoms. The molecule has 1 unspecified atom stereocenters. The van der Waals surface area contributed by atoms with E-state index in [9.17, 15) is 13.2 Å². The Balaban J connectivity index is 2.52. The Labute approximate surface area is 135 Å². The molecule has 0 radical (unpaired) electrons. The molecular weight excluding hydrogens is 318 g/mol. The van der Waals surface area contributed by atoms with E-state index in [0.717, 1.165) is 19.3 Å². The van der Waals surface area contributed by atoms with E-state index in [-0.39, 0.29) is 22.5 Å². The number of carbonyl (C=O) groups is 1. The smallest absolute Gasteiger partial charge is 0.280 e. The third kappa shape index (κ3) is 3.99. The zero-order chi connectivity index (χ0) is 17.2. The molecule has 23 heavy (non-hydrogen) atoms. The van der Waals surface area contributed by atoms with Gasteiger partial charge in [0.15, 0.2) is 15.8 Å². The van der Waals surface area contributed by atoms with Crippen molar-refractivity contribution in [2.45, 2.75) is 17.9 Å². The first-order valence-electron chi connectivity index (χ1n) is 7.15. The van der Waals surface area contributed by atoms with Crippen LogP contribution in [0.4, 0.5) is 5.69 Å². The number of piperazine rings is 1. The maximum Gasteiger partial charge on any atom is 0.280 e. The Morgan fingerprint density at radius 1 is 1.39 bits per heavy atom. The zero-order valence-corrected chi connectivity index (χ0v) is 13.9. The Bertz CT molecular complexity index is 741. The first kappa shape index (κ1) is 17.2. The minimum Gasteiger partial charge on any atom is -0.370 e. The van der Waals surface area contributed by atoms with Gasteiger partial charge in [-0.2, -0.15) is 4.99 Å². The summed E-state index contributed by atoms with van der Waals surface area (Å²) >= 11 is 0. The van der Waals surface area contributed by atoms with Gasteiger partial charge in [0.1, 0.15) is 0 Å². The lowest BCUT2D eigenvalue weighted by molar-refractivity contribution is 0.100. The number of guanidine groups is 1. The summed E-state index contributed by atoms with van der Waals surface area (Å²) in [7, 11) is -3.52. The van der Waals surface area contributed by atoms with Crippen LogP contribution in [-0.2, 0) is 9.84 Å². The molecular formula is C14H21N5O3S. The second-order valence-electron chi connectivity index (χ2n) is 5.54. The molecule has 126 valence electrons. The van der Waals surface area contributed by atoms with Gasteiger partial charge < -0.3 is 21.7 Å². The minimum atomic E-state index is -3.52. The highest BCUT2D eigenvalue weighted by Crippen LogP contribution is 2.29. The molecule has 1 saturated heterocycles. The average molecular weight is 339 g/mol. The van der Waals surface area contributed by atoms with E-state index in [1.54, 1.807) is 6.07 Å². The lowest BCUT2D eigenvalue weighted by Crippen LogP contribution is -2.50. The van der Waals surface area contributed by atoms with Crippen LogP contribution in [0.15, 0.2) is 28.1 Å². The Kier molecular flexibility index (Phi) is 4.90. The summed E-state index contributed by atoms with van der Waals surface area (Å²) in [4.78, 5) is 17.5. The fourth-order valence-corrected chi connectivity index (χ4v) is 3.47. The van der Waals surface area contributed by atoms with Crippen LogP contribution in [0.25, 0.3) is 0 Å². The number of hydrogen-bond donors (Lipinski definition) is 3. The lowest BCUT2D eigenvalue weighted by atomic mass is 10.1. The summed E-state index contributed by atoms with van der Waals surface area (Å²) < 4.78 is 24.3. The highest BCUT2D eigenvalue weighted by atomic mass is 32.2. The van der Waals surface area contributed by atoms with Crippen molar-refractivity contribution in [2.75, 3.05) is 30.8 Å². The lowest BCUT2D eigenvalue weighted by Gasteiger charge is -2.36. The number of sulfone groups is 1. The van der Waals surface area contributed by atoms with Gasteiger partial charge in [0.05, 0.1) is 10.6 Å². The molecule has 1 aromatic rings. The molecule has 2 rings (SSSR count). The molecule has 8 nitrogen and oxygen atoms in total. The van der Waals surface area contributed by atoms with Gasteiger partial charge in [0.2, 0.25) is 0 Å². The summed E-state index contributed by atoms with van der Waals surface area (Å²) in [5, 5.41) is 3.25. The number of aliphatic imine (C=N–C) groups is 1. The van der Waals surface area contributed by atoms with Crippen molar-refractivity contribution < 1.29 is 13.2 Å². The van der Waals surface area contributed by atoms with E-state index in [1.165, 1.54) is 12.1 Å². The number of amides is 1. The van der Waals surface area contributed by atoms with Crippen molar-refractivity contribution in [3.63, 3.8) is 0 Å². The van der Waals surface area contributed by atoms with Gasteiger partial charge in [-0.15, -0.1) is 0 Å². The predicted molar refractivity (Wildman–Crippen MR) is 89.4 cm³/mol. The summed E-state index contributed by atoms with van der Waals surface area (Å²) in [6, 6.07) is 4.64. The highest BCUT2D eigenvalue weighted by molar-refractivity contribution is 7.90. The summed E-state index contributed by atoms with van der Waals surface area (Å²) in [6.07, 6.45) is 1.12. The van der Waals surface area contributed by atoms with Crippen LogP contribution in [0, 0.1) is 0 Å². The number of anilines is 1. The highest BCUT2D eigenvalue weighted by Gasteiger charge is 2.25. The Morgan fingerprint density at radius 3 is 2.65 bits per heavy atom. The van der Waals surface area contributed by atoms with Crippen LogP contribution in [0.2, 0.25) is 0 Å². The van der Waals surface area contributed by atoms with E-state index in [0.29, 0.717) is 12.2 Å². The maximum absolute atomic E-state index is 12.2. The number of hydrogen-bond acceptors (Lipinski definition) is 5. The Hall–Kier alpha value is -2.13. The Morgan fingerprint density at radius 2 is 2.09 bits per heavy atom. The molecule has 1 aliphatic rings. The van der Waals surface area contributed by atoms with Gasteiger partial charge in [-0.05, 0) is 25.1 Å². The molecule has 1 aliphatic heterocycles. The largest absolute Gasteiger partial charge is 0.370 e. The van der Waals surface area contributed by atoms with Crippen LogP contribution in [0.1, 0.15) is 17.3 Å². The van der Waals surface area contributed by atoms with Crippen molar-refractivity contribution in [3.05, 3.63) is 23.8 Å². The van der Waals surface area contributed by atoms with Gasteiger partial charge >= 0.3 is 0 Å². The molecule has 0 bridgehead atoms. The zero-order valence-electron chi connectivity index (χ0n) is 13.1. The quantitative estimate of drug-likeness (QED) is 0.490. The molecule has 0 saturated carbocycles. The van der Waals surface area contributed by atoms with Crippen molar-refractivity contribution >= 4 is 27.4 Å². The van der Waals surface area contributed by atoms with Crippen molar-refractivity contribution in [3.8, 4) is 0 Å². The van der Waals surface area contributed by atoms with Crippen LogP contribution in [-0.4, -0.2) is 52.2 Å². The van der Waals surface area contributed by atoms with E-state index >= 15 is 0 Å². The molecule has 0 aromatic heterocycles. The first-order chi connectivity index (χ1) is 10.7. The monoisotopic (exact) mass is 339 g/mol. The number of rotatable bonds is 3. The number of benzene rings is 1. The molecule has 1 heterocycles. The first-order valence-corrected chi connectivity index (χ1v) is 9.04. The van der Waals surface area contributed by atoms with Crippen LogP contribution in [0.3, 0.4) is 0 Å². The van der Waals surface area contributed by atoms with Gasteiger partial charge in [-0.25, -0.2) is 8.42 Å². The van der Waals surface area contributed by atoms with E-state index in [1.807, 2.05) is 11.8 Å². The number of nitrogens with zero attached hydrogens (tertiary/aromatic N) is 2. The molecule has 1 amide bonds. The molecule has 1 aromatic carbocycles. The van der Waals surface area contributed by atoms with Gasteiger partial charge in [0, 0.05) is 37.5 Å². The van der Waals surface area contributed by atoms with Crippen molar-refractivity contribution in [2.24, 2.45) is 16.5 Å². The average Bonchev–Trinajstić information content (AvgIpc) is 2.45. The molecule has 0 aliphatic carbocycles. The standard InChI is InChI=1S/C14H21N5O3S/c1-9-8-17-5-6-19(9)11-4-3-10(13(20)18-14(15)16)7-12(11)23(2,21)22/h3-4,7,9,17H,5-6,8H2,1-2H3,(H4,15,16,18,20). The van der Waals surface area contributed by atoms with Gasteiger partial charge in [-0.1, -0.05) is 0 Å².